The summed E-state index contributed by atoms with van der Waals surface area (Å²) < 4.78 is 0. The second-order valence-electron chi connectivity index (χ2n) is 3.64. The largest absolute Gasteiger partial charge is 0.358 e. The molecule has 2 heterocycles. The highest BCUT2D eigenvalue weighted by atomic mass is 15.1. The molecule has 0 amide bonds. The van der Waals surface area contributed by atoms with E-state index in [4.69, 9.17) is 0 Å². The van der Waals surface area contributed by atoms with Gasteiger partial charge in [0.1, 0.15) is 0 Å². The van der Waals surface area contributed by atoms with Crippen molar-refractivity contribution in [3.8, 4) is 11.3 Å². The minimum Gasteiger partial charge on any atom is -0.358 e. The Morgan fingerprint density at radius 3 is 2.80 bits per heavy atom. The van der Waals surface area contributed by atoms with Crippen LogP contribution in [-0.4, -0.2) is 15.2 Å². The van der Waals surface area contributed by atoms with Gasteiger partial charge in [0.25, 0.3) is 0 Å². The van der Waals surface area contributed by atoms with E-state index in [-0.39, 0.29) is 0 Å². The number of H-pyrrole nitrogens is 2. The van der Waals surface area contributed by atoms with Crippen LogP contribution in [0.1, 0.15) is 5.69 Å². The zero-order valence-corrected chi connectivity index (χ0v) is 8.41. The minimum absolute atomic E-state index is 1.06. The molecule has 0 atom stereocenters. The van der Waals surface area contributed by atoms with E-state index >= 15 is 0 Å². The van der Waals surface area contributed by atoms with Crippen LogP contribution in [0.5, 0.6) is 0 Å². The van der Waals surface area contributed by atoms with Gasteiger partial charge >= 0.3 is 0 Å². The summed E-state index contributed by atoms with van der Waals surface area (Å²) in [6.45, 7) is 2.08. The van der Waals surface area contributed by atoms with Crippen LogP contribution in [0.4, 0.5) is 0 Å². The standard InChI is InChI=1S/C12H11N3/c1-8-12(11-6-7-13-15-11)9-4-2-3-5-10(9)14-8/h2-7,14H,1H3,(H,13,15). The summed E-state index contributed by atoms with van der Waals surface area (Å²) in [6.07, 6.45) is 1.77. The molecule has 2 N–H and O–H groups in total. The summed E-state index contributed by atoms with van der Waals surface area (Å²) in [4.78, 5) is 3.37. The van der Waals surface area contributed by atoms with Gasteiger partial charge in [0.15, 0.2) is 0 Å². The number of nitrogens with one attached hydrogen (secondary N) is 2. The average Bonchev–Trinajstić information content (AvgIpc) is 2.82. The Kier molecular flexibility index (Phi) is 1.65. The van der Waals surface area contributed by atoms with E-state index in [0.717, 1.165) is 5.69 Å². The molecule has 15 heavy (non-hydrogen) atoms. The maximum atomic E-state index is 3.99. The molecule has 3 aromatic rings. The van der Waals surface area contributed by atoms with E-state index in [0.29, 0.717) is 0 Å². The van der Waals surface area contributed by atoms with Crippen molar-refractivity contribution in [1.29, 1.82) is 0 Å². The van der Waals surface area contributed by atoms with Crippen molar-refractivity contribution in [2.75, 3.05) is 0 Å². The van der Waals surface area contributed by atoms with Crippen LogP contribution in [0, 0.1) is 6.92 Å². The number of hydrogen-bond acceptors (Lipinski definition) is 1. The fourth-order valence-electron chi connectivity index (χ4n) is 2.02. The van der Waals surface area contributed by atoms with Crippen LogP contribution in [0.3, 0.4) is 0 Å². The average molecular weight is 197 g/mol. The predicted molar refractivity (Wildman–Crippen MR) is 60.6 cm³/mol. The predicted octanol–water partition coefficient (Wildman–Crippen LogP) is 2.87. The van der Waals surface area contributed by atoms with Crippen molar-refractivity contribution >= 4 is 10.9 Å². The monoisotopic (exact) mass is 197 g/mol. The van der Waals surface area contributed by atoms with E-state index in [9.17, 15) is 0 Å². The van der Waals surface area contributed by atoms with Gasteiger partial charge in [0.2, 0.25) is 0 Å². The van der Waals surface area contributed by atoms with Gasteiger partial charge < -0.3 is 4.98 Å². The highest BCUT2D eigenvalue weighted by Gasteiger charge is 2.10. The molecule has 3 rings (SSSR count). The lowest BCUT2D eigenvalue weighted by molar-refractivity contribution is 1.09. The quantitative estimate of drug-likeness (QED) is 0.619. The fourth-order valence-corrected chi connectivity index (χ4v) is 2.02. The fraction of sp³-hybridized carbons (Fsp3) is 0.0833. The Labute approximate surface area is 87.1 Å². The third kappa shape index (κ3) is 1.16. The molecule has 0 aliphatic rings. The maximum Gasteiger partial charge on any atom is 0.0674 e. The van der Waals surface area contributed by atoms with E-state index in [1.54, 1.807) is 6.20 Å². The van der Waals surface area contributed by atoms with Crippen LogP contribution >= 0.6 is 0 Å². The number of para-hydroxylation sites is 1. The zero-order chi connectivity index (χ0) is 10.3. The molecule has 1 aromatic carbocycles. The van der Waals surface area contributed by atoms with Crippen molar-refractivity contribution in [3.05, 3.63) is 42.2 Å². The summed E-state index contributed by atoms with van der Waals surface area (Å²) in [6, 6.07) is 10.3. The number of hydrogen-bond donors (Lipinski definition) is 2. The van der Waals surface area contributed by atoms with Crippen LogP contribution in [-0.2, 0) is 0 Å². The molecule has 0 aliphatic carbocycles. The smallest absolute Gasteiger partial charge is 0.0674 e. The second-order valence-corrected chi connectivity index (χ2v) is 3.64. The van der Waals surface area contributed by atoms with E-state index in [2.05, 4.69) is 40.3 Å². The van der Waals surface area contributed by atoms with Gasteiger partial charge in [-0.15, -0.1) is 0 Å². The van der Waals surface area contributed by atoms with Crippen LogP contribution in [0.25, 0.3) is 22.2 Å². The summed E-state index contributed by atoms with van der Waals surface area (Å²) in [7, 11) is 0. The molecule has 2 aromatic heterocycles. The van der Waals surface area contributed by atoms with Crippen molar-refractivity contribution in [2.24, 2.45) is 0 Å². The molecular formula is C12H11N3. The van der Waals surface area contributed by atoms with Gasteiger partial charge in [0, 0.05) is 28.4 Å². The third-order valence-corrected chi connectivity index (χ3v) is 2.66. The van der Waals surface area contributed by atoms with E-state index in [1.807, 2.05) is 12.1 Å². The molecule has 0 aliphatic heterocycles. The van der Waals surface area contributed by atoms with Gasteiger partial charge in [-0.1, -0.05) is 18.2 Å². The molecular weight excluding hydrogens is 186 g/mol. The van der Waals surface area contributed by atoms with Crippen LogP contribution in [0.15, 0.2) is 36.5 Å². The molecule has 0 saturated heterocycles. The molecule has 74 valence electrons. The third-order valence-electron chi connectivity index (χ3n) is 2.66. The number of rotatable bonds is 1. The van der Waals surface area contributed by atoms with Crippen molar-refractivity contribution < 1.29 is 0 Å². The number of fused-ring (bicyclic) bond motifs is 1. The Morgan fingerprint density at radius 2 is 2.00 bits per heavy atom. The zero-order valence-electron chi connectivity index (χ0n) is 8.41. The molecule has 0 saturated carbocycles. The number of aryl methyl sites for hydroxylation is 1. The Hall–Kier alpha value is -2.03. The molecule has 0 unspecified atom stereocenters. The molecule has 0 fully saturated rings. The first-order valence-electron chi connectivity index (χ1n) is 4.93. The first-order valence-corrected chi connectivity index (χ1v) is 4.93. The highest BCUT2D eigenvalue weighted by Crippen LogP contribution is 2.30. The van der Waals surface area contributed by atoms with Crippen molar-refractivity contribution in [2.45, 2.75) is 6.92 Å². The normalized spacial score (nSPS) is 11.0. The first-order chi connectivity index (χ1) is 7.36. The lowest BCUT2D eigenvalue weighted by atomic mass is 10.1. The number of nitrogens with zero attached hydrogens (tertiary/aromatic N) is 1. The van der Waals surface area contributed by atoms with Crippen molar-refractivity contribution in [3.63, 3.8) is 0 Å². The van der Waals surface area contributed by atoms with Gasteiger partial charge in [-0.25, -0.2) is 0 Å². The summed E-state index contributed by atoms with van der Waals surface area (Å²) in [5.74, 6) is 0. The second kappa shape index (κ2) is 2.98. The Balaban J connectivity index is 2.39. The number of aromatic amines is 2. The lowest BCUT2D eigenvalue weighted by Crippen LogP contribution is -1.79. The van der Waals surface area contributed by atoms with Gasteiger partial charge in [-0.3, -0.25) is 5.10 Å². The Morgan fingerprint density at radius 1 is 1.13 bits per heavy atom. The van der Waals surface area contributed by atoms with E-state index in [1.165, 1.54) is 22.2 Å². The SMILES string of the molecule is Cc1[nH]c2ccccc2c1-c1ccn[nH]1. The molecule has 0 bridgehead atoms. The number of aromatic nitrogens is 3. The van der Waals surface area contributed by atoms with Gasteiger partial charge in [-0.05, 0) is 19.1 Å². The van der Waals surface area contributed by atoms with Crippen LogP contribution in [0.2, 0.25) is 0 Å². The highest BCUT2D eigenvalue weighted by molar-refractivity contribution is 5.96. The summed E-state index contributed by atoms with van der Waals surface area (Å²) in [5.41, 5.74) is 4.60. The van der Waals surface area contributed by atoms with Crippen LogP contribution < -0.4 is 0 Å². The van der Waals surface area contributed by atoms with Gasteiger partial charge in [-0.2, -0.15) is 5.10 Å². The topological polar surface area (TPSA) is 44.5 Å². The Bertz CT molecular complexity index is 590. The maximum absolute atomic E-state index is 3.99. The molecule has 3 heteroatoms. The van der Waals surface area contributed by atoms with Gasteiger partial charge in [0.05, 0.1) is 5.69 Å². The van der Waals surface area contributed by atoms with Crippen molar-refractivity contribution in [1.82, 2.24) is 15.2 Å². The molecule has 0 radical (unpaired) electrons. The number of benzene rings is 1. The van der Waals surface area contributed by atoms with E-state index < -0.39 is 0 Å². The minimum atomic E-state index is 1.06. The summed E-state index contributed by atoms with van der Waals surface area (Å²) >= 11 is 0. The molecule has 0 spiro atoms. The molecule has 3 nitrogen and oxygen atoms in total. The lowest BCUT2D eigenvalue weighted by Gasteiger charge is -1.96. The first kappa shape index (κ1) is 8.29. The summed E-state index contributed by atoms with van der Waals surface area (Å²) in [5, 5.41) is 8.23.